The van der Waals surface area contributed by atoms with Crippen molar-refractivity contribution in [2.45, 2.75) is 36.6 Å². The van der Waals surface area contributed by atoms with Crippen molar-refractivity contribution < 1.29 is 14.7 Å². The van der Waals surface area contributed by atoms with E-state index in [4.69, 9.17) is 0 Å². The van der Waals surface area contributed by atoms with Crippen LogP contribution in [0, 0.1) is 0 Å². The quantitative estimate of drug-likeness (QED) is 0.765. The Hall–Kier alpha value is -1.57. The number of thioether (sulfide) groups is 1. The number of nitrogens with zero attached hydrogens (tertiary/aromatic N) is 2. The monoisotopic (exact) mass is 349 g/mol. The molecule has 2 aliphatic heterocycles. The Morgan fingerprint density at radius 1 is 1.38 bits per heavy atom. The fourth-order valence-electron chi connectivity index (χ4n) is 3.32. The zero-order chi connectivity index (χ0) is 17.3. The zero-order valence-corrected chi connectivity index (χ0v) is 14.8. The molecule has 0 spiro atoms. The SMILES string of the molecule is CSc1cccc(CN2CCN3C(=O)[C@@H]([C@H](C)O)NC(=O)[C@H]3C2)c1. The average Bonchev–Trinajstić information content (AvgIpc) is 2.58. The summed E-state index contributed by atoms with van der Waals surface area (Å²) in [7, 11) is 0. The number of piperazine rings is 2. The molecule has 0 radical (unpaired) electrons. The Morgan fingerprint density at radius 3 is 2.88 bits per heavy atom. The van der Waals surface area contributed by atoms with Crippen LogP contribution in [0.1, 0.15) is 12.5 Å². The van der Waals surface area contributed by atoms with Crippen LogP contribution < -0.4 is 5.32 Å². The Bertz CT molecular complexity index is 637. The van der Waals surface area contributed by atoms with Gasteiger partial charge in [0.25, 0.3) is 0 Å². The predicted molar refractivity (Wildman–Crippen MR) is 92.6 cm³/mol. The smallest absolute Gasteiger partial charge is 0.248 e. The number of benzene rings is 1. The first-order chi connectivity index (χ1) is 11.5. The Labute approximate surface area is 146 Å². The van der Waals surface area contributed by atoms with Crippen molar-refractivity contribution in [2.24, 2.45) is 0 Å². The predicted octanol–water partition coefficient (Wildman–Crippen LogP) is 0.301. The van der Waals surface area contributed by atoms with Crippen LogP contribution in [0.5, 0.6) is 0 Å². The molecule has 2 fully saturated rings. The van der Waals surface area contributed by atoms with E-state index in [1.165, 1.54) is 17.4 Å². The van der Waals surface area contributed by atoms with Crippen molar-refractivity contribution in [3.8, 4) is 0 Å². The molecule has 0 aromatic heterocycles. The van der Waals surface area contributed by atoms with Gasteiger partial charge in [0.15, 0.2) is 0 Å². The molecular weight excluding hydrogens is 326 g/mol. The molecule has 2 saturated heterocycles. The van der Waals surface area contributed by atoms with Gasteiger partial charge in [-0.15, -0.1) is 11.8 Å². The van der Waals surface area contributed by atoms with Gasteiger partial charge in [-0.1, -0.05) is 12.1 Å². The average molecular weight is 349 g/mol. The lowest BCUT2D eigenvalue weighted by atomic mass is 10.0. The molecule has 7 heteroatoms. The molecule has 3 rings (SSSR count). The molecule has 130 valence electrons. The highest BCUT2D eigenvalue weighted by Gasteiger charge is 2.44. The summed E-state index contributed by atoms with van der Waals surface area (Å²) >= 11 is 1.71. The van der Waals surface area contributed by atoms with E-state index < -0.39 is 18.2 Å². The lowest BCUT2D eigenvalue weighted by molar-refractivity contribution is -0.156. The van der Waals surface area contributed by atoms with Crippen LogP contribution in [0.2, 0.25) is 0 Å². The Kier molecular flexibility index (Phi) is 5.12. The minimum atomic E-state index is -0.880. The van der Waals surface area contributed by atoms with Crippen LogP contribution in [0.4, 0.5) is 0 Å². The normalized spacial score (nSPS) is 26.0. The van der Waals surface area contributed by atoms with Gasteiger partial charge >= 0.3 is 0 Å². The van der Waals surface area contributed by atoms with Crippen molar-refractivity contribution in [3.63, 3.8) is 0 Å². The molecule has 24 heavy (non-hydrogen) atoms. The summed E-state index contributed by atoms with van der Waals surface area (Å²) in [6, 6.07) is 7.08. The molecular formula is C17H23N3O3S. The number of rotatable bonds is 4. The first-order valence-corrected chi connectivity index (χ1v) is 9.36. The molecule has 2 N–H and O–H groups in total. The molecule has 2 heterocycles. The van der Waals surface area contributed by atoms with Crippen molar-refractivity contribution in [1.29, 1.82) is 0 Å². The van der Waals surface area contributed by atoms with E-state index >= 15 is 0 Å². The first kappa shape index (κ1) is 17.3. The van der Waals surface area contributed by atoms with E-state index in [1.807, 2.05) is 6.07 Å². The van der Waals surface area contributed by atoms with Gasteiger partial charge in [-0.3, -0.25) is 14.5 Å². The topological polar surface area (TPSA) is 72.9 Å². The summed E-state index contributed by atoms with van der Waals surface area (Å²) in [5, 5.41) is 12.3. The van der Waals surface area contributed by atoms with Crippen molar-refractivity contribution in [1.82, 2.24) is 15.1 Å². The first-order valence-electron chi connectivity index (χ1n) is 8.14. The summed E-state index contributed by atoms with van der Waals surface area (Å²) in [5.74, 6) is -0.360. The number of carbonyl (C=O) groups is 2. The van der Waals surface area contributed by atoms with Crippen LogP contribution in [0.3, 0.4) is 0 Å². The van der Waals surface area contributed by atoms with Crippen LogP contribution in [0.25, 0.3) is 0 Å². The summed E-state index contributed by atoms with van der Waals surface area (Å²) in [5.41, 5.74) is 1.21. The summed E-state index contributed by atoms with van der Waals surface area (Å²) in [6.07, 6.45) is 1.17. The Morgan fingerprint density at radius 2 is 2.17 bits per heavy atom. The maximum absolute atomic E-state index is 12.4. The third-order valence-electron chi connectivity index (χ3n) is 4.64. The van der Waals surface area contributed by atoms with Crippen molar-refractivity contribution in [2.75, 3.05) is 25.9 Å². The number of amides is 2. The lowest BCUT2D eigenvalue weighted by Crippen LogP contribution is -2.70. The van der Waals surface area contributed by atoms with E-state index in [0.717, 1.165) is 13.1 Å². The van der Waals surface area contributed by atoms with Crippen molar-refractivity contribution in [3.05, 3.63) is 29.8 Å². The maximum Gasteiger partial charge on any atom is 0.248 e. The van der Waals surface area contributed by atoms with E-state index in [2.05, 4.69) is 34.7 Å². The molecule has 1 aromatic rings. The van der Waals surface area contributed by atoms with E-state index in [9.17, 15) is 14.7 Å². The third kappa shape index (κ3) is 3.43. The van der Waals surface area contributed by atoms with Gasteiger partial charge in [0.05, 0.1) is 6.10 Å². The van der Waals surface area contributed by atoms with Gasteiger partial charge < -0.3 is 15.3 Å². The highest BCUT2D eigenvalue weighted by molar-refractivity contribution is 7.98. The van der Waals surface area contributed by atoms with Gasteiger partial charge in [0.1, 0.15) is 12.1 Å². The van der Waals surface area contributed by atoms with Crippen LogP contribution >= 0.6 is 11.8 Å². The highest BCUT2D eigenvalue weighted by Crippen LogP contribution is 2.21. The van der Waals surface area contributed by atoms with Gasteiger partial charge in [-0.25, -0.2) is 0 Å². The second kappa shape index (κ2) is 7.13. The van der Waals surface area contributed by atoms with Crippen molar-refractivity contribution >= 4 is 23.6 Å². The number of aliphatic hydroxyl groups excluding tert-OH is 1. The third-order valence-corrected chi connectivity index (χ3v) is 5.36. The molecule has 0 saturated carbocycles. The molecule has 2 amide bonds. The number of fused-ring (bicyclic) bond motifs is 1. The lowest BCUT2D eigenvalue weighted by Gasteiger charge is -2.45. The second-order valence-electron chi connectivity index (χ2n) is 6.36. The standard InChI is InChI=1S/C17H23N3O3S/c1-11(21)15-17(23)20-7-6-19(10-14(20)16(22)18-15)9-12-4-3-5-13(8-12)24-2/h3-5,8,11,14-15,21H,6-7,9-10H2,1-2H3,(H,18,22)/t11-,14+,15+/m0/s1. The number of aliphatic hydroxyl groups is 1. The van der Waals surface area contributed by atoms with Crippen LogP contribution in [0.15, 0.2) is 29.2 Å². The molecule has 6 nitrogen and oxygen atoms in total. The number of hydrogen-bond donors (Lipinski definition) is 2. The van der Waals surface area contributed by atoms with Crippen LogP contribution in [-0.4, -0.2) is 70.8 Å². The second-order valence-corrected chi connectivity index (χ2v) is 7.24. The molecule has 0 unspecified atom stereocenters. The zero-order valence-electron chi connectivity index (χ0n) is 13.9. The number of hydrogen-bond acceptors (Lipinski definition) is 5. The summed E-state index contributed by atoms with van der Waals surface area (Å²) in [6.45, 7) is 4.06. The Balaban J connectivity index is 1.68. The highest BCUT2D eigenvalue weighted by atomic mass is 32.2. The molecule has 1 aromatic carbocycles. The number of carbonyl (C=O) groups excluding carboxylic acids is 2. The van der Waals surface area contributed by atoms with Gasteiger partial charge in [0.2, 0.25) is 11.8 Å². The van der Waals surface area contributed by atoms with E-state index in [0.29, 0.717) is 13.1 Å². The minimum Gasteiger partial charge on any atom is -0.391 e. The summed E-state index contributed by atoms with van der Waals surface area (Å²) in [4.78, 5) is 29.8. The van der Waals surface area contributed by atoms with Gasteiger partial charge in [0, 0.05) is 31.1 Å². The van der Waals surface area contributed by atoms with E-state index in [-0.39, 0.29) is 11.8 Å². The minimum absolute atomic E-state index is 0.178. The van der Waals surface area contributed by atoms with Gasteiger partial charge in [-0.05, 0) is 30.9 Å². The fourth-order valence-corrected chi connectivity index (χ4v) is 3.80. The summed E-state index contributed by atoms with van der Waals surface area (Å²) < 4.78 is 0. The maximum atomic E-state index is 12.4. The van der Waals surface area contributed by atoms with Crippen LogP contribution in [-0.2, 0) is 16.1 Å². The van der Waals surface area contributed by atoms with E-state index in [1.54, 1.807) is 16.7 Å². The molecule has 2 aliphatic rings. The largest absolute Gasteiger partial charge is 0.391 e. The fraction of sp³-hybridized carbons (Fsp3) is 0.529. The molecule has 0 aliphatic carbocycles. The number of nitrogens with one attached hydrogen (secondary N) is 1. The molecule has 3 atom stereocenters. The molecule has 0 bridgehead atoms. The van der Waals surface area contributed by atoms with Gasteiger partial charge in [-0.2, -0.15) is 0 Å².